The topological polar surface area (TPSA) is 31.5 Å². The van der Waals surface area contributed by atoms with Gasteiger partial charge in [0.15, 0.2) is 0 Å². The predicted octanol–water partition coefficient (Wildman–Crippen LogP) is 2.82. The number of alkyl halides is 6. The average Bonchev–Trinajstić information content (AvgIpc) is 2.08. The second kappa shape index (κ2) is 7.52. The summed E-state index contributed by atoms with van der Waals surface area (Å²) in [6.07, 6.45) is 0. The number of hydrogen-bond donors (Lipinski definition) is 0. The van der Waals surface area contributed by atoms with Crippen LogP contribution in [0.3, 0.4) is 0 Å². The van der Waals surface area contributed by atoms with Crippen LogP contribution in [-0.4, -0.2) is 37.7 Å². The molecule has 1 fully saturated rings. The Hall–Kier alpha value is 2.21. The molecular weight excluding hydrogens is 360 g/mol. The van der Waals surface area contributed by atoms with Gasteiger partial charge in [-0.15, -0.1) is 69.6 Å². The normalized spacial score (nSPS) is 47.6. The van der Waals surface area contributed by atoms with E-state index < -0.39 is 32.3 Å². The summed E-state index contributed by atoms with van der Waals surface area (Å²) in [6, 6.07) is 0. The Morgan fingerprint density at radius 3 is 0.571 bits per heavy atom. The molecule has 1 nitrogen and oxygen atoms in total. The first-order chi connectivity index (χ1) is 5.46. The van der Waals surface area contributed by atoms with Crippen molar-refractivity contribution in [1.82, 2.24) is 0 Å². The second-order valence-electron chi connectivity index (χ2n) is 2.67. The Bertz CT molecular complexity index is 114. The van der Waals surface area contributed by atoms with Crippen molar-refractivity contribution in [3.63, 3.8) is 0 Å². The molecule has 0 atom stereocenters. The fraction of sp³-hybridized carbons (Fsp3) is 1.00. The quantitative estimate of drug-likeness (QED) is 0.590. The second-order valence-corrected chi connectivity index (χ2v) is 5.69. The molecule has 1 rings (SSSR count). The molecule has 8 heteroatoms. The molecule has 0 aromatic rings. The van der Waals surface area contributed by atoms with Crippen LogP contribution in [0.2, 0.25) is 0 Å². The Balaban J connectivity index is 0. The Morgan fingerprint density at radius 2 is 0.500 bits per heavy atom. The van der Waals surface area contributed by atoms with E-state index in [4.69, 9.17) is 69.6 Å². The molecule has 0 bridgehead atoms. The smallest absolute Gasteiger partial charge is 0.0693 e. The van der Waals surface area contributed by atoms with Crippen LogP contribution in [0.15, 0.2) is 0 Å². The molecule has 0 unspecified atom stereocenters. The van der Waals surface area contributed by atoms with Crippen LogP contribution in [0.4, 0.5) is 0 Å². The maximum absolute atomic E-state index is 5.88. The maximum Gasteiger partial charge on any atom is 0.0693 e. The van der Waals surface area contributed by atoms with Gasteiger partial charge in [0.05, 0.1) is 32.3 Å². The van der Waals surface area contributed by atoms with Crippen molar-refractivity contribution in [2.75, 3.05) is 0 Å². The zero-order valence-electron chi connectivity index (χ0n) is 6.57. The van der Waals surface area contributed by atoms with Crippen molar-refractivity contribution >= 4 is 69.6 Å². The molecule has 0 aromatic heterocycles. The van der Waals surface area contributed by atoms with Crippen LogP contribution in [0.1, 0.15) is 0 Å². The maximum atomic E-state index is 5.88. The van der Waals surface area contributed by atoms with Gasteiger partial charge in [0, 0.05) is 16.8 Å². The first kappa shape index (κ1) is 18.6. The third-order valence-corrected chi connectivity index (χ3v) is 5.86. The molecule has 0 aromatic carbocycles. The third kappa shape index (κ3) is 3.61. The Kier molecular flexibility index (Phi) is 9.97. The molecule has 14 heavy (non-hydrogen) atoms. The van der Waals surface area contributed by atoms with Gasteiger partial charge in [0.2, 0.25) is 0 Å². The first-order valence-corrected chi connectivity index (χ1v) is 5.93. The fourth-order valence-electron chi connectivity index (χ4n) is 1.05. The summed E-state index contributed by atoms with van der Waals surface area (Å²) in [5.41, 5.74) is 0. The minimum Gasteiger partial charge on any atom is -0.412 e. The van der Waals surface area contributed by atoms with E-state index in [9.17, 15) is 0 Å². The van der Waals surface area contributed by atoms with Gasteiger partial charge in [0.25, 0.3) is 0 Å². The van der Waals surface area contributed by atoms with Gasteiger partial charge >= 0.3 is 0 Å². The summed E-state index contributed by atoms with van der Waals surface area (Å²) in [6.45, 7) is 0. The zero-order valence-corrected chi connectivity index (χ0v) is 12.1. The summed E-state index contributed by atoms with van der Waals surface area (Å²) in [4.78, 5) is 0. The van der Waals surface area contributed by atoms with E-state index in [2.05, 4.69) is 0 Å². The molecule has 0 aliphatic heterocycles. The summed E-state index contributed by atoms with van der Waals surface area (Å²) in [5.74, 6) is 0. The van der Waals surface area contributed by atoms with Crippen LogP contribution in [0.5, 0.6) is 0 Å². The van der Waals surface area contributed by atoms with E-state index >= 15 is 0 Å². The molecular formula is C6H8Cl6CoO. The Morgan fingerprint density at radius 1 is 0.429 bits per heavy atom. The van der Waals surface area contributed by atoms with Gasteiger partial charge in [-0.3, -0.25) is 0 Å². The average molecular weight is 368 g/mol. The minimum absolute atomic E-state index is 0. The summed E-state index contributed by atoms with van der Waals surface area (Å²) in [5, 5.41) is -2.62. The molecule has 0 amide bonds. The molecule has 1 saturated carbocycles. The summed E-state index contributed by atoms with van der Waals surface area (Å²) in [7, 11) is 0. The van der Waals surface area contributed by atoms with E-state index in [1.807, 2.05) is 0 Å². The van der Waals surface area contributed by atoms with Crippen molar-refractivity contribution in [2.45, 2.75) is 32.3 Å². The standard InChI is InChI=1S/C6H6Cl6.Co.H2O/c7-1-2(8)4(10)6(12)5(11)3(1)9;;/h1-6H;;1H2/t1-,2-,3-,4+,5+,6+;;. The molecule has 2 N–H and O–H groups in total. The van der Waals surface area contributed by atoms with E-state index in [1.165, 1.54) is 0 Å². The number of hydrogen-bond acceptors (Lipinski definition) is 0. The van der Waals surface area contributed by atoms with Crippen LogP contribution < -0.4 is 0 Å². The number of rotatable bonds is 0. The summed E-state index contributed by atoms with van der Waals surface area (Å²) >= 11 is 35.3. The van der Waals surface area contributed by atoms with Crippen LogP contribution in [0.25, 0.3) is 0 Å². The zero-order chi connectivity index (χ0) is 9.46. The molecule has 0 heterocycles. The summed E-state index contributed by atoms with van der Waals surface area (Å²) < 4.78 is 0. The van der Waals surface area contributed by atoms with E-state index in [-0.39, 0.29) is 22.3 Å². The van der Waals surface area contributed by atoms with Gasteiger partial charge in [0.1, 0.15) is 0 Å². The SMILES string of the molecule is Cl[C@H]1[C@H](Cl)[C@@H](Cl)[C@@H](Cl)[C@H](Cl)[C@H]1Cl.O.[Co]. The minimum atomic E-state index is -0.437. The van der Waals surface area contributed by atoms with Gasteiger partial charge in [-0.1, -0.05) is 0 Å². The van der Waals surface area contributed by atoms with Crippen LogP contribution >= 0.6 is 69.6 Å². The Labute approximate surface area is 123 Å². The molecule has 89 valence electrons. The third-order valence-electron chi connectivity index (χ3n) is 1.83. The molecule has 1 aliphatic rings. The van der Waals surface area contributed by atoms with E-state index in [1.54, 1.807) is 0 Å². The number of halogens is 6. The molecule has 0 saturated heterocycles. The van der Waals surface area contributed by atoms with Gasteiger partial charge in [-0.25, -0.2) is 0 Å². The van der Waals surface area contributed by atoms with Crippen LogP contribution in [-0.2, 0) is 16.8 Å². The first-order valence-electron chi connectivity index (χ1n) is 3.31. The molecule has 1 aliphatic carbocycles. The van der Waals surface area contributed by atoms with Gasteiger partial charge in [-0.05, 0) is 0 Å². The van der Waals surface area contributed by atoms with Gasteiger partial charge in [-0.2, -0.15) is 0 Å². The molecule has 1 radical (unpaired) electrons. The predicted molar refractivity (Wildman–Crippen MR) is 61.5 cm³/mol. The van der Waals surface area contributed by atoms with Crippen molar-refractivity contribution in [1.29, 1.82) is 0 Å². The van der Waals surface area contributed by atoms with E-state index in [0.717, 1.165) is 0 Å². The van der Waals surface area contributed by atoms with E-state index in [0.29, 0.717) is 0 Å². The van der Waals surface area contributed by atoms with Crippen LogP contribution in [0, 0.1) is 0 Å². The van der Waals surface area contributed by atoms with Crippen molar-refractivity contribution in [3.05, 3.63) is 0 Å². The largest absolute Gasteiger partial charge is 0.412 e. The van der Waals surface area contributed by atoms with Crippen molar-refractivity contribution < 1.29 is 22.3 Å². The van der Waals surface area contributed by atoms with Crippen molar-refractivity contribution in [3.8, 4) is 0 Å². The fourth-order valence-corrected chi connectivity index (χ4v) is 3.38. The molecule has 0 spiro atoms. The van der Waals surface area contributed by atoms with Crippen molar-refractivity contribution in [2.24, 2.45) is 0 Å². The monoisotopic (exact) mass is 365 g/mol. The van der Waals surface area contributed by atoms with Gasteiger partial charge < -0.3 is 5.48 Å².